The summed E-state index contributed by atoms with van der Waals surface area (Å²) in [7, 11) is 0. The quantitative estimate of drug-likeness (QED) is 0.762. The van der Waals surface area contributed by atoms with Crippen molar-refractivity contribution in [3.8, 4) is 5.69 Å². The predicted molar refractivity (Wildman–Crippen MR) is 73.6 cm³/mol. The molecule has 3 rings (SSSR count). The molecule has 96 valence electrons. The Balaban J connectivity index is 2.14. The van der Waals surface area contributed by atoms with Crippen LogP contribution >= 0.6 is 0 Å². The molecule has 0 saturated heterocycles. The van der Waals surface area contributed by atoms with Gasteiger partial charge in [0.05, 0.1) is 18.2 Å². The van der Waals surface area contributed by atoms with Crippen LogP contribution in [0.4, 0.5) is 0 Å². The summed E-state index contributed by atoms with van der Waals surface area (Å²) in [5.74, 6) is 0.490. The minimum Gasteiger partial charge on any atom is -0.312 e. The van der Waals surface area contributed by atoms with E-state index < -0.39 is 0 Å². The van der Waals surface area contributed by atoms with Crippen molar-refractivity contribution in [3.63, 3.8) is 0 Å². The van der Waals surface area contributed by atoms with E-state index in [1.165, 1.54) is 18.1 Å². The summed E-state index contributed by atoms with van der Waals surface area (Å²) in [5.41, 5.74) is 2.57. The lowest BCUT2D eigenvalue weighted by molar-refractivity contribution is 0.858. The van der Waals surface area contributed by atoms with Gasteiger partial charge in [-0.3, -0.25) is 4.79 Å². The highest BCUT2D eigenvalue weighted by Crippen LogP contribution is 2.18. The normalized spacial score (nSPS) is 11.3. The number of hydrogen-bond acceptors (Lipinski definition) is 3. The lowest BCUT2D eigenvalue weighted by Crippen LogP contribution is -2.06. The summed E-state index contributed by atoms with van der Waals surface area (Å²) in [5, 5.41) is 4.73. The van der Waals surface area contributed by atoms with Crippen LogP contribution in [0.2, 0.25) is 0 Å². The molecule has 0 aliphatic carbocycles. The fourth-order valence-electron chi connectivity index (χ4n) is 2.05. The first kappa shape index (κ1) is 11.6. The largest absolute Gasteiger partial charge is 0.312 e. The maximum absolute atomic E-state index is 11.6. The first-order chi connectivity index (χ1) is 9.16. The topological polar surface area (TPSA) is 63.6 Å². The summed E-state index contributed by atoms with van der Waals surface area (Å²) in [6.07, 6.45) is 2.93. The van der Waals surface area contributed by atoms with E-state index in [-0.39, 0.29) is 5.56 Å². The first-order valence-corrected chi connectivity index (χ1v) is 6.18. The van der Waals surface area contributed by atoms with Gasteiger partial charge in [-0.2, -0.15) is 5.10 Å². The highest BCUT2D eigenvalue weighted by atomic mass is 16.1. The molecule has 0 aliphatic heterocycles. The second kappa shape index (κ2) is 4.35. The number of hydrogen-bond donors (Lipinski definition) is 1. The van der Waals surface area contributed by atoms with Crippen molar-refractivity contribution >= 4 is 11.0 Å². The lowest BCUT2D eigenvalue weighted by Gasteiger charge is -2.07. The Kier molecular flexibility index (Phi) is 2.67. The van der Waals surface area contributed by atoms with Crippen molar-refractivity contribution in [2.75, 3.05) is 0 Å². The molecule has 0 radical (unpaired) electrons. The van der Waals surface area contributed by atoms with Gasteiger partial charge in [0, 0.05) is 0 Å². The molecule has 5 heteroatoms. The maximum Gasteiger partial charge on any atom is 0.261 e. The molecular formula is C14H14N4O. The predicted octanol–water partition coefficient (Wildman–Crippen LogP) is 2.23. The molecule has 1 aromatic carbocycles. The van der Waals surface area contributed by atoms with E-state index in [1.807, 2.05) is 12.1 Å². The number of fused-ring (bicyclic) bond motifs is 1. The Hall–Kier alpha value is -2.43. The molecule has 0 saturated carbocycles. The maximum atomic E-state index is 11.6. The summed E-state index contributed by atoms with van der Waals surface area (Å²) in [6.45, 7) is 4.30. The molecule has 0 fully saturated rings. The smallest absolute Gasteiger partial charge is 0.261 e. The highest BCUT2D eigenvalue weighted by molar-refractivity contribution is 5.74. The van der Waals surface area contributed by atoms with Gasteiger partial charge in [0.1, 0.15) is 5.39 Å². The van der Waals surface area contributed by atoms with Crippen molar-refractivity contribution < 1.29 is 0 Å². The Morgan fingerprint density at radius 2 is 1.95 bits per heavy atom. The van der Waals surface area contributed by atoms with Gasteiger partial charge in [0.15, 0.2) is 5.65 Å². The van der Waals surface area contributed by atoms with Crippen LogP contribution in [0.5, 0.6) is 0 Å². The molecule has 0 bridgehead atoms. The van der Waals surface area contributed by atoms with E-state index in [9.17, 15) is 4.79 Å². The molecule has 0 aliphatic rings. The summed E-state index contributed by atoms with van der Waals surface area (Å²) in [6, 6.07) is 8.12. The minimum absolute atomic E-state index is 0.171. The number of benzene rings is 1. The van der Waals surface area contributed by atoms with Crippen molar-refractivity contribution in [1.29, 1.82) is 0 Å². The van der Waals surface area contributed by atoms with Crippen LogP contribution < -0.4 is 5.56 Å². The molecule has 19 heavy (non-hydrogen) atoms. The highest BCUT2D eigenvalue weighted by Gasteiger charge is 2.08. The van der Waals surface area contributed by atoms with Gasteiger partial charge < -0.3 is 4.98 Å². The zero-order valence-corrected chi connectivity index (χ0v) is 10.8. The minimum atomic E-state index is -0.171. The van der Waals surface area contributed by atoms with E-state index in [2.05, 4.69) is 41.0 Å². The standard InChI is InChI=1S/C14H14N4O/c1-9(2)10-3-5-11(6-4-10)18-13-12(7-17-18)14(19)16-8-15-13/h3-9H,1-2H3,(H,15,16,19). The third kappa shape index (κ3) is 1.93. The summed E-state index contributed by atoms with van der Waals surface area (Å²) >= 11 is 0. The number of aromatic amines is 1. The Labute approximate surface area is 109 Å². The van der Waals surface area contributed by atoms with Crippen LogP contribution in [0.25, 0.3) is 16.7 Å². The van der Waals surface area contributed by atoms with Crippen molar-refractivity contribution in [3.05, 3.63) is 52.7 Å². The van der Waals surface area contributed by atoms with Gasteiger partial charge in [0.25, 0.3) is 5.56 Å². The fraction of sp³-hybridized carbons (Fsp3) is 0.214. The third-order valence-electron chi connectivity index (χ3n) is 3.18. The molecule has 0 amide bonds. The van der Waals surface area contributed by atoms with Crippen LogP contribution in [0.1, 0.15) is 25.3 Å². The van der Waals surface area contributed by atoms with E-state index in [1.54, 1.807) is 4.68 Å². The SMILES string of the molecule is CC(C)c1ccc(-n2ncc3c(=O)[nH]cnc32)cc1. The monoisotopic (exact) mass is 254 g/mol. The first-order valence-electron chi connectivity index (χ1n) is 6.18. The molecule has 0 spiro atoms. The molecule has 1 N–H and O–H groups in total. The van der Waals surface area contributed by atoms with E-state index in [0.717, 1.165) is 5.69 Å². The Bertz CT molecular complexity index is 768. The average molecular weight is 254 g/mol. The van der Waals surface area contributed by atoms with Gasteiger partial charge in [-0.1, -0.05) is 26.0 Å². The second-order valence-electron chi connectivity index (χ2n) is 4.77. The lowest BCUT2D eigenvalue weighted by atomic mass is 10.0. The van der Waals surface area contributed by atoms with Gasteiger partial charge in [-0.25, -0.2) is 9.67 Å². The van der Waals surface area contributed by atoms with E-state index in [0.29, 0.717) is 17.0 Å². The van der Waals surface area contributed by atoms with E-state index in [4.69, 9.17) is 0 Å². The number of nitrogens with one attached hydrogen (secondary N) is 1. The molecule has 0 atom stereocenters. The molecule has 0 unspecified atom stereocenters. The third-order valence-corrected chi connectivity index (χ3v) is 3.18. The van der Waals surface area contributed by atoms with E-state index >= 15 is 0 Å². The van der Waals surface area contributed by atoms with Crippen molar-refractivity contribution in [2.45, 2.75) is 19.8 Å². The molecule has 2 heterocycles. The number of rotatable bonds is 2. The summed E-state index contributed by atoms with van der Waals surface area (Å²) in [4.78, 5) is 18.3. The van der Waals surface area contributed by atoms with Crippen LogP contribution in [-0.4, -0.2) is 19.7 Å². The fourth-order valence-corrected chi connectivity index (χ4v) is 2.05. The Morgan fingerprint density at radius 1 is 1.21 bits per heavy atom. The van der Waals surface area contributed by atoms with Gasteiger partial charge >= 0.3 is 0 Å². The number of aromatic nitrogens is 4. The zero-order chi connectivity index (χ0) is 13.4. The summed E-state index contributed by atoms with van der Waals surface area (Å²) < 4.78 is 1.68. The zero-order valence-electron chi connectivity index (χ0n) is 10.8. The second-order valence-corrected chi connectivity index (χ2v) is 4.77. The van der Waals surface area contributed by atoms with Gasteiger partial charge in [0.2, 0.25) is 0 Å². The van der Waals surface area contributed by atoms with Gasteiger partial charge in [-0.15, -0.1) is 0 Å². The number of nitrogens with zero attached hydrogens (tertiary/aromatic N) is 3. The molecule has 2 aromatic heterocycles. The van der Waals surface area contributed by atoms with Crippen molar-refractivity contribution in [2.24, 2.45) is 0 Å². The van der Waals surface area contributed by atoms with Crippen LogP contribution in [0.15, 0.2) is 41.6 Å². The average Bonchev–Trinajstić information content (AvgIpc) is 2.84. The molecule has 5 nitrogen and oxygen atoms in total. The van der Waals surface area contributed by atoms with Gasteiger partial charge in [-0.05, 0) is 23.6 Å². The van der Waals surface area contributed by atoms with Crippen LogP contribution in [-0.2, 0) is 0 Å². The van der Waals surface area contributed by atoms with Crippen LogP contribution in [0.3, 0.4) is 0 Å². The molecular weight excluding hydrogens is 240 g/mol. The van der Waals surface area contributed by atoms with Crippen molar-refractivity contribution in [1.82, 2.24) is 19.7 Å². The molecule has 3 aromatic rings. The Morgan fingerprint density at radius 3 is 2.63 bits per heavy atom. The number of H-pyrrole nitrogens is 1. The van der Waals surface area contributed by atoms with Crippen LogP contribution in [0, 0.1) is 0 Å².